The molecule has 3 rings (SSSR count). The number of hydrogen-bond acceptors (Lipinski definition) is 4. The van der Waals surface area contributed by atoms with Gasteiger partial charge in [-0.25, -0.2) is 17.2 Å². The normalized spacial score (nSPS) is 11.0. The van der Waals surface area contributed by atoms with Crippen LogP contribution >= 0.6 is 0 Å². The highest BCUT2D eigenvalue weighted by atomic mass is 32.2. The Morgan fingerprint density at radius 1 is 0.931 bits per heavy atom. The van der Waals surface area contributed by atoms with Crippen molar-refractivity contribution in [2.24, 2.45) is 0 Å². The average Bonchev–Trinajstić information content (AvgIpc) is 2.70. The van der Waals surface area contributed by atoms with Crippen LogP contribution in [0.5, 0.6) is 5.75 Å². The minimum atomic E-state index is -3.82. The Labute approximate surface area is 166 Å². The van der Waals surface area contributed by atoms with Gasteiger partial charge in [-0.3, -0.25) is 9.52 Å². The molecule has 0 aliphatic heterocycles. The molecule has 0 fully saturated rings. The molecule has 0 aromatic heterocycles. The van der Waals surface area contributed by atoms with E-state index in [2.05, 4.69) is 10.0 Å². The van der Waals surface area contributed by atoms with Gasteiger partial charge in [-0.1, -0.05) is 0 Å². The van der Waals surface area contributed by atoms with E-state index in [0.717, 1.165) is 12.1 Å². The molecule has 9 heteroatoms. The topological polar surface area (TPSA) is 84.5 Å². The maximum atomic E-state index is 13.6. The second-order valence-electron chi connectivity index (χ2n) is 5.94. The number of methoxy groups -OCH3 is 1. The monoisotopic (exact) mass is 418 g/mol. The molecule has 2 N–H and O–H groups in total. The van der Waals surface area contributed by atoms with Crippen LogP contribution in [-0.2, 0) is 10.0 Å². The van der Waals surface area contributed by atoms with Crippen molar-refractivity contribution in [2.45, 2.75) is 4.90 Å². The number of anilines is 2. The zero-order valence-corrected chi connectivity index (χ0v) is 16.0. The lowest BCUT2D eigenvalue weighted by molar-refractivity contribution is 0.102. The third kappa shape index (κ3) is 4.88. The van der Waals surface area contributed by atoms with Crippen LogP contribution in [-0.4, -0.2) is 21.4 Å². The summed E-state index contributed by atoms with van der Waals surface area (Å²) in [6, 6.07) is 14.2. The van der Waals surface area contributed by atoms with Crippen molar-refractivity contribution in [1.82, 2.24) is 0 Å². The van der Waals surface area contributed by atoms with Crippen molar-refractivity contribution in [3.05, 3.63) is 83.9 Å². The second kappa shape index (κ2) is 8.27. The van der Waals surface area contributed by atoms with Crippen LogP contribution in [0.4, 0.5) is 20.2 Å². The predicted molar refractivity (Wildman–Crippen MR) is 105 cm³/mol. The first kappa shape index (κ1) is 20.3. The lowest BCUT2D eigenvalue weighted by Crippen LogP contribution is -2.14. The van der Waals surface area contributed by atoms with Crippen LogP contribution in [0, 0.1) is 11.6 Å². The first-order valence-corrected chi connectivity index (χ1v) is 9.80. The lowest BCUT2D eigenvalue weighted by atomic mass is 10.2. The van der Waals surface area contributed by atoms with Crippen molar-refractivity contribution < 1.29 is 26.7 Å². The SMILES string of the molecule is COc1ccc(S(=O)(=O)Nc2ccc(C(=O)Nc3ccc(F)cc3F)cc2)cc1. The molecule has 0 heterocycles. The van der Waals surface area contributed by atoms with Gasteiger partial charge >= 0.3 is 0 Å². The molecule has 150 valence electrons. The molecule has 3 aromatic carbocycles. The minimum absolute atomic E-state index is 0.0481. The van der Waals surface area contributed by atoms with E-state index in [0.29, 0.717) is 11.8 Å². The largest absolute Gasteiger partial charge is 0.497 e. The predicted octanol–water partition coefficient (Wildman–Crippen LogP) is 4.03. The summed E-state index contributed by atoms with van der Waals surface area (Å²) in [6.45, 7) is 0. The van der Waals surface area contributed by atoms with E-state index in [1.807, 2.05) is 0 Å². The molecule has 0 spiro atoms. The van der Waals surface area contributed by atoms with Crippen LogP contribution < -0.4 is 14.8 Å². The second-order valence-corrected chi connectivity index (χ2v) is 7.62. The van der Waals surface area contributed by atoms with E-state index in [4.69, 9.17) is 4.74 Å². The van der Waals surface area contributed by atoms with Gasteiger partial charge in [0.05, 0.1) is 17.7 Å². The van der Waals surface area contributed by atoms with Crippen molar-refractivity contribution in [3.8, 4) is 5.75 Å². The first-order valence-electron chi connectivity index (χ1n) is 8.32. The summed E-state index contributed by atoms with van der Waals surface area (Å²) < 4.78 is 58.8. The summed E-state index contributed by atoms with van der Waals surface area (Å²) in [5.41, 5.74) is 0.243. The Hall–Kier alpha value is -3.46. The first-order chi connectivity index (χ1) is 13.8. The van der Waals surface area contributed by atoms with E-state index in [1.165, 1.54) is 55.6 Å². The molecular weight excluding hydrogens is 402 g/mol. The van der Waals surface area contributed by atoms with Crippen molar-refractivity contribution >= 4 is 27.3 Å². The minimum Gasteiger partial charge on any atom is -0.497 e. The fourth-order valence-electron chi connectivity index (χ4n) is 2.44. The number of sulfonamides is 1. The Balaban J connectivity index is 1.71. The molecule has 0 atom stereocenters. The number of rotatable bonds is 6. The van der Waals surface area contributed by atoms with Crippen LogP contribution in [0.25, 0.3) is 0 Å². The molecule has 0 bridgehead atoms. The van der Waals surface area contributed by atoms with E-state index in [9.17, 15) is 22.0 Å². The maximum Gasteiger partial charge on any atom is 0.261 e. The third-order valence-electron chi connectivity index (χ3n) is 3.95. The summed E-state index contributed by atoms with van der Waals surface area (Å²) in [7, 11) is -2.34. The quantitative estimate of drug-likeness (QED) is 0.633. The van der Waals surface area contributed by atoms with Gasteiger partial charge in [0, 0.05) is 17.3 Å². The highest BCUT2D eigenvalue weighted by Gasteiger charge is 2.15. The number of carbonyl (C=O) groups excluding carboxylic acids is 1. The number of benzene rings is 3. The zero-order valence-electron chi connectivity index (χ0n) is 15.1. The Morgan fingerprint density at radius 3 is 2.17 bits per heavy atom. The molecule has 0 aliphatic carbocycles. The summed E-state index contributed by atoms with van der Waals surface area (Å²) in [4.78, 5) is 12.3. The summed E-state index contributed by atoms with van der Waals surface area (Å²) >= 11 is 0. The number of hydrogen-bond donors (Lipinski definition) is 2. The molecule has 29 heavy (non-hydrogen) atoms. The zero-order chi connectivity index (χ0) is 21.0. The Morgan fingerprint density at radius 2 is 1.59 bits per heavy atom. The van der Waals surface area contributed by atoms with Crippen molar-refractivity contribution in [2.75, 3.05) is 17.1 Å². The lowest BCUT2D eigenvalue weighted by Gasteiger charge is -2.10. The molecule has 1 amide bonds. The molecule has 6 nitrogen and oxygen atoms in total. The van der Waals surface area contributed by atoms with Crippen molar-refractivity contribution in [1.29, 1.82) is 0 Å². The molecule has 0 unspecified atom stereocenters. The van der Waals surface area contributed by atoms with Gasteiger partial charge in [0.25, 0.3) is 15.9 Å². The molecule has 3 aromatic rings. The number of ether oxygens (including phenoxy) is 1. The van der Waals surface area contributed by atoms with E-state index >= 15 is 0 Å². The smallest absolute Gasteiger partial charge is 0.261 e. The van der Waals surface area contributed by atoms with Gasteiger partial charge < -0.3 is 10.1 Å². The van der Waals surface area contributed by atoms with Gasteiger partial charge in [0.15, 0.2) is 0 Å². The van der Waals surface area contributed by atoms with Crippen LogP contribution in [0.2, 0.25) is 0 Å². The van der Waals surface area contributed by atoms with E-state index in [-0.39, 0.29) is 21.8 Å². The van der Waals surface area contributed by atoms with Crippen LogP contribution in [0.3, 0.4) is 0 Å². The van der Waals surface area contributed by atoms with Crippen molar-refractivity contribution in [3.63, 3.8) is 0 Å². The molecule has 0 saturated carbocycles. The third-order valence-corrected chi connectivity index (χ3v) is 5.35. The number of amides is 1. The molecule has 0 radical (unpaired) electrons. The van der Waals surface area contributed by atoms with Gasteiger partial charge in [0.1, 0.15) is 17.4 Å². The van der Waals surface area contributed by atoms with E-state index in [1.54, 1.807) is 0 Å². The fraction of sp³-hybridized carbons (Fsp3) is 0.0500. The summed E-state index contributed by atoms with van der Waals surface area (Å²) in [5, 5.41) is 2.33. The number of halogens is 2. The number of nitrogens with one attached hydrogen (secondary N) is 2. The van der Waals surface area contributed by atoms with Crippen LogP contribution in [0.15, 0.2) is 71.6 Å². The summed E-state index contributed by atoms with van der Waals surface area (Å²) in [6.07, 6.45) is 0. The molecule has 0 aliphatic rings. The van der Waals surface area contributed by atoms with E-state index < -0.39 is 27.6 Å². The Kier molecular flexibility index (Phi) is 5.79. The highest BCUT2D eigenvalue weighted by Crippen LogP contribution is 2.20. The van der Waals surface area contributed by atoms with Gasteiger partial charge in [-0.2, -0.15) is 0 Å². The van der Waals surface area contributed by atoms with Gasteiger partial charge in [0.2, 0.25) is 0 Å². The Bertz CT molecular complexity index is 1130. The fourth-order valence-corrected chi connectivity index (χ4v) is 3.50. The highest BCUT2D eigenvalue weighted by molar-refractivity contribution is 7.92. The molecular formula is C20H16F2N2O4S. The van der Waals surface area contributed by atoms with Crippen LogP contribution in [0.1, 0.15) is 10.4 Å². The number of carbonyl (C=O) groups is 1. The summed E-state index contributed by atoms with van der Waals surface area (Å²) in [5.74, 6) is -1.76. The maximum absolute atomic E-state index is 13.6. The standard InChI is InChI=1S/C20H16F2N2O4S/c1-28-16-7-9-17(10-8-16)29(26,27)24-15-5-2-13(3-6-15)20(25)23-19-11-4-14(21)12-18(19)22/h2-12,24H,1H3,(H,23,25). The van der Waals surface area contributed by atoms with Gasteiger partial charge in [-0.05, 0) is 60.7 Å². The van der Waals surface area contributed by atoms with Gasteiger partial charge in [-0.15, -0.1) is 0 Å². The average molecular weight is 418 g/mol. The molecule has 0 saturated heterocycles.